The van der Waals surface area contributed by atoms with Crippen LogP contribution in [0.2, 0.25) is 0 Å². The summed E-state index contributed by atoms with van der Waals surface area (Å²) in [5.74, 6) is 0.590. The van der Waals surface area contributed by atoms with Gasteiger partial charge >= 0.3 is 0 Å². The molecule has 0 spiro atoms. The second-order valence-corrected chi connectivity index (χ2v) is 8.90. The molecule has 1 aliphatic carbocycles. The van der Waals surface area contributed by atoms with Crippen LogP contribution in [-0.4, -0.2) is 25.7 Å². The maximum atomic E-state index is 13.2. The molecule has 1 aliphatic rings. The minimum absolute atomic E-state index is 0.0375. The van der Waals surface area contributed by atoms with Crippen LogP contribution in [0.15, 0.2) is 30.3 Å². The minimum Gasteiger partial charge on any atom is -0.346 e. The topological polar surface area (TPSA) is 72.7 Å². The first-order valence-corrected chi connectivity index (χ1v) is 11.0. The van der Waals surface area contributed by atoms with Gasteiger partial charge in [0.1, 0.15) is 0 Å². The summed E-state index contributed by atoms with van der Waals surface area (Å²) >= 11 is 0. The molecule has 31 heavy (non-hydrogen) atoms. The Hall–Kier alpha value is -3.02. The first kappa shape index (κ1) is 21.2. The zero-order valence-electron chi connectivity index (χ0n) is 19.1. The largest absolute Gasteiger partial charge is 0.346 e. The van der Waals surface area contributed by atoms with E-state index in [1.165, 1.54) is 11.1 Å². The zero-order valence-corrected chi connectivity index (χ0v) is 19.1. The summed E-state index contributed by atoms with van der Waals surface area (Å²) in [7, 11) is 0. The Bertz CT molecular complexity index is 1100. The normalized spacial score (nSPS) is 15.3. The molecule has 0 aliphatic heterocycles. The van der Waals surface area contributed by atoms with Crippen LogP contribution < -0.4 is 5.32 Å². The van der Waals surface area contributed by atoms with Gasteiger partial charge in [-0.2, -0.15) is 5.10 Å². The fraction of sp³-hybridized carbons (Fsp3) is 0.440. The Labute approximate surface area is 184 Å². The van der Waals surface area contributed by atoms with Gasteiger partial charge in [0.25, 0.3) is 5.95 Å². The first-order valence-electron chi connectivity index (χ1n) is 11.0. The molecule has 1 saturated carbocycles. The van der Waals surface area contributed by atoms with Gasteiger partial charge in [-0.25, -0.2) is 14.6 Å². The van der Waals surface area contributed by atoms with E-state index in [2.05, 4.69) is 51.6 Å². The molecule has 3 aromatic rings. The van der Waals surface area contributed by atoms with Crippen LogP contribution in [0.5, 0.6) is 0 Å². The number of aromatic nitrogens is 4. The third kappa shape index (κ3) is 4.24. The first-order chi connectivity index (χ1) is 14.8. The van der Waals surface area contributed by atoms with Gasteiger partial charge < -0.3 is 5.32 Å². The molecule has 2 aromatic heterocycles. The van der Waals surface area contributed by atoms with Crippen LogP contribution in [0.1, 0.15) is 65.1 Å². The van der Waals surface area contributed by atoms with Gasteiger partial charge in [-0.05, 0) is 59.1 Å². The summed E-state index contributed by atoms with van der Waals surface area (Å²) in [4.78, 5) is 22.3. The molecule has 0 atom stereocenters. The second kappa shape index (κ2) is 8.25. The Morgan fingerprint density at radius 2 is 1.71 bits per heavy atom. The summed E-state index contributed by atoms with van der Waals surface area (Å²) in [6.45, 7) is 9.93. The molecule has 0 bridgehead atoms. The van der Waals surface area contributed by atoms with E-state index in [9.17, 15) is 4.79 Å². The van der Waals surface area contributed by atoms with Crippen molar-refractivity contribution < 1.29 is 4.79 Å². The van der Waals surface area contributed by atoms with Crippen LogP contribution in [0.3, 0.4) is 0 Å². The predicted octanol–water partition coefficient (Wildman–Crippen LogP) is 4.33. The van der Waals surface area contributed by atoms with Gasteiger partial charge in [0.15, 0.2) is 0 Å². The van der Waals surface area contributed by atoms with Crippen molar-refractivity contribution in [3.05, 3.63) is 69.8 Å². The molecule has 1 fully saturated rings. The lowest BCUT2D eigenvalue weighted by atomic mass is 9.87. The molecule has 4 rings (SSSR count). The molecule has 0 saturated heterocycles. The fourth-order valence-electron chi connectivity index (χ4n) is 4.81. The van der Waals surface area contributed by atoms with E-state index in [1.807, 2.05) is 33.8 Å². The van der Waals surface area contributed by atoms with E-state index >= 15 is 0 Å². The zero-order chi connectivity index (χ0) is 22.2. The minimum atomic E-state index is -0.266. The molecule has 1 amide bonds. The average molecular weight is 418 g/mol. The summed E-state index contributed by atoms with van der Waals surface area (Å²) in [6.07, 6.45) is 4.53. The van der Waals surface area contributed by atoms with Crippen molar-refractivity contribution in [2.75, 3.05) is 0 Å². The Morgan fingerprint density at radius 1 is 1.03 bits per heavy atom. The van der Waals surface area contributed by atoms with E-state index in [0.29, 0.717) is 12.4 Å². The second-order valence-electron chi connectivity index (χ2n) is 8.90. The molecule has 6 nitrogen and oxygen atoms in total. The number of hydrogen-bond donors (Lipinski definition) is 1. The number of carbonyl (C=O) groups is 1. The van der Waals surface area contributed by atoms with Crippen molar-refractivity contribution in [1.29, 1.82) is 0 Å². The highest BCUT2D eigenvalue weighted by Crippen LogP contribution is 2.39. The van der Waals surface area contributed by atoms with E-state index < -0.39 is 0 Å². The summed E-state index contributed by atoms with van der Waals surface area (Å²) in [6, 6.07) is 10.5. The summed E-state index contributed by atoms with van der Waals surface area (Å²) in [5, 5.41) is 8.05. The smallest absolute Gasteiger partial charge is 0.251 e. The molecule has 0 unspecified atom stereocenters. The van der Waals surface area contributed by atoms with Crippen LogP contribution in [0.25, 0.3) is 5.95 Å². The number of nitrogens with one attached hydrogen (secondary N) is 1. The van der Waals surface area contributed by atoms with E-state index in [4.69, 9.17) is 0 Å². The maximum Gasteiger partial charge on any atom is 0.251 e. The van der Waals surface area contributed by atoms with Gasteiger partial charge in [0, 0.05) is 22.6 Å². The highest BCUT2D eigenvalue weighted by atomic mass is 16.1. The lowest BCUT2D eigenvalue weighted by molar-refractivity contribution is -0.122. The average Bonchev–Trinajstić information content (AvgIpc) is 3.28. The van der Waals surface area contributed by atoms with Crippen molar-refractivity contribution in [2.45, 2.75) is 72.3 Å². The third-order valence-corrected chi connectivity index (χ3v) is 6.34. The molecule has 0 radical (unpaired) electrons. The lowest BCUT2D eigenvalue weighted by Crippen LogP contribution is -2.44. The predicted molar refractivity (Wildman–Crippen MR) is 121 cm³/mol. The number of rotatable bonds is 5. The number of benzene rings is 1. The third-order valence-electron chi connectivity index (χ3n) is 6.34. The Balaban J connectivity index is 1.59. The van der Waals surface area contributed by atoms with Gasteiger partial charge in [-0.3, -0.25) is 4.79 Å². The molecular weight excluding hydrogens is 386 g/mol. The maximum absolute atomic E-state index is 13.2. The number of aryl methyl sites for hydroxylation is 4. The van der Waals surface area contributed by atoms with Crippen molar-refractivity contribution in [2.24, 2.45) is 0 Å². The standard InChI is InChI=1S/C25H31N5O/c1-16-9-8-10-21(13-16)25(11-6-7-12-25)28-23(31)15-22-19(4)29-30(20(22)5)24-26-17(2)14-18(3)27-24/h8-10,13-14H,6-7,11-12,15H2,1-5H3,(H,28,31). The van der Waals surface area contributed by atoms with Crippen LogP contribution in [0, 0.1) is 34.6 Å². The number of carbonyl (C=O) groups excluding carboxylic acids is 1. The molecule has 162 valence electrons. The van der Waals surface area contributed by atoms with Crippen LogP contribution in [0.4, 0.5) is 0 Å². The molecular formula is C25H31N5O. The van der Waals surface area contributed by atoms with Crippen molar-refractivity contribution in [1.82, 2.24) is 25.1 Å². The van der Waals surface area contributed by atoms with Crippen molar-refractivity contribution in [3.63, 3.8) is 0 Å². The molecule has 1 aromatic carbocycles. The molecule has 1 N–H and O–H groups in total. The van der Waals surface area contributed by atoms with Crippen molar-refractivity contribution >= 4 is 5.91 Å². The number of hydrogen-bond acceptors (Lipinski definition) is 4. The van der Waals surface area contributed by atoms with Gasteiger partial charge in [0.2, 0.25) is 5.91 Å². The van der Waals surface area contributed by atoms with Crippen LogP contribution in [-0.2, 0) is 16.8 Å². The summed E-state index contributed by atoms with van der Waals surface area (Å²) < 4.78 is 1.75. The SMILES string of the molecule is Cc1cccc(C2(NC(=O)Cc3c(C)nn(-c4nc(C)cc(C)n4)c3C)CCCC2)c1. The highest BCUT2D eigenvalue weighted by Gasteiger charge is 2.37. The Morgan fingerprint density at radius 3 is 2.35 bits per heavy atom. The molecule has 6 heteroatoms. The molecule has 2 heterocycles. The van der Waals surface area contributed by atoms with E-state index in [0.717, 1.165) is 54.0 Å². The quantitative estimate of drug-likeness (QED) is 0.671. The van der Waals surface area contributed by atoms with Crippen molar-refractivity contribution in [3.8, 4) is 5.95 Å². The lowest BCUT2D eigenvalue weighted by Gasteiger charge is -2.31. The number of amides is 1. The van der Waals surface area contributed by atoms with Gasteiger partial charge in [-0.1, -0.05) is 42.7 Å². The summed E-state index contributed by atoms with van der Waals surface area (Å²) in [5.41, 5.74) is 6.66. The highest BCUT2D eigenvalue weighted by molar-refractivity contribution is 5.80. The van der Waals surface area contributed by atoms with E-state index in [1.54, 1.807) is 4.68 Å². The van der Waals surface area contributed by atoms with Gasteiger partial charge in [-0.15, -0.1) is 0 Å². The van der Waals surface area contributed by atoms with E-state index in [-0.39, 0.29) is 11.4 Å². The number of nitrogens with zero attached hydrogens (tertiary/aromatic N) is 4. The van der Waals surface area contributed by atoms with Crippen LogP contribution >= 0.6 is 0 Å². The fourth-order valence-corrected chi connectivity index (χ4v) is 4.81. The monoisotopic (exact) mass is 417 g/mol. The Kier molecular flexibility index (Phi) is 5.65. The van der Waals surface area contributed by atoms with Gasteiger partial charge in [0.05, 0.1) is 17.7 Å².